The minimum atomic E-state index is -2.91. The molecule has 16 nitrogen and oxygen atoms in total. The first-order valence-electron chi connectivity index (χ1n) is 18.2. The second-order valence-electron chi connectivity index (χ2n) is 15.1. The van der Waals surface area contributed by atoms with E-state index in [1.165, 1.54) is 41.2 Å². The molecule has 2 aliphatic heterocycles. The molecule has 0 spiro atoms. The van der Waals surface area contributed by atoms with Gasteiger partial charge >= 0.3 is 24.0 Å². The summed E-state index contributed by atoms with van der Waals surface area (Å²) in [6.07, 6.45) is 2.73. The van der Waals surface area contributed by atoms with Gasteiger partial charge in [0.2, 0.25) is 0 Å². The van der Waals surface area contributed by atoms with Crippen molar-refractivity contribution in [1.29, 1.82) is 0 Å². The van der Waals surface area contributed by atoms with Crippen LogP contribution in [0.5, 0.6) is 0 Å². The molecule has 6 amide bonds. The fraction of sp³-hybridized carbons (Fsp3) is 0.421. The van der Waals surface area contributed by atoms with Gasteiger partial charge in [-0.15, -0.1) is 0 Å². The van der Waals surface area contributed by atoms with Crippen molar-refractivity contribution in [2.75, 3.05) is 36.8 Å². The summed E-state index contributed by atoms with van der Waals surface area (Å²) in [4.78, 5) is 73.5. The molecule has 4 aromatic rings. The first kappa shape index (κ1) is 42.8. The van der Waals surface area contributed by atoms with Crippen molar-refractivity contribution in [3.8, 4) is 0 Å². The van der Waals surface area contributed by atoms with Gasteiger partial charge in [-0.05, 0) is 70.0 Å². The third-order valence-electron chi connectivity index (χ3n) is 9.18. The van der Waals surface area contributed by atoms with Gasteiger partial charge in [0.15, 0.2) is 0 Å². The van der Waals surface area contributed by atoms with Crippen LogP contribution in [0.2, 0.25) is 0 Å². The zero-order valence-corrected chi connectivity index (χ0v) is 32.0. The van der Waals surface area contributed by atoms with Crippen LogP contribution in [0.4, 0.5) is 38.5 Å². The SMILES string of the molecule is CC(C)(C)OC(=O)Cn1cc(C(N)=O)c2cc(NC(=O)N3CCCC(F)(F)C3)ccc21.NC(=O)c1cn(CC(=O)O)c2ccc(NC(=O)N3CCCC(F)(F)C3)cc12. The molecule has 2 aliphatic rings. The lowest BCUT2D eigenvalue weighted by molar-refractivity contribution is -0.155. The Kier molecular flexibility index (Phi) is 12.3. The molecule has 0 atom stereocenters. The van der Waals surface area contributed by atoms with E-state index >= 15 is 0 Å². The number of hydrogen-bond acceptors (Lipinski definition) is 7. The molecule has 2 aromatic carbocycles. The number of carboxylic acids is 1. The number of fused-ring (bicyclic) bond motifs is 2. The highest BCUT2D eigenvalue weighted by Crippen LogP contribution is 2.30. The van der Waals surface area contributed by atoms with E-state index in [4.69, 9.17) is 21.3 Å². The number of aliphatic carboxylic acids is 1. The molecule has 312 valence electrons. The van der Waals surface area contributed by atoms with Gasteiger partial charge in [-0.3, -0.25) is 19.2 Å². The first-order chi connectivity index (χ1) is 27.0. The van der Waals surface area contributed by atoms with Crippen molar-refractivity contribution in [2.45, 2.75) is 77.0 Å². The number of piperidine rings is 2. The van der Waals surface area contributed by atoms with E-state index in [0.29, 0.717) is 27.5 Å². The molecule has 0 saturated carbocycles. The van der Waals surface area contributed by atoms with E-state index in [1.54, 1.807) is 37.5 Å². The van der Waals surface area contributed by atoms with E-state index in [2.05, 4.69) is 10.6 Å². The van der Waals surface area contributed by atoms with Gasteiger partial charge in [0, 0.05) is 71.5 Å². The third kappa shape index (κ3) is 10.7. The highest BCUT2D eigenvalue weighted by Gasteiger charge is 2.38. The molecular formula is C38H44F4N8O8. The Balaban J connectivity index is 0.000000223. The van der Waals surface area contributed by atoms with Crippen molar-refractivity contribution < 1.29 is 56.2 Å². The summed E-state index contributed by atoms with van der Waals surface area (Å²) >= 11 is 0. The van der Waals surface area contributed by atoms with E-state index in [1.807, 2.05) is 0 Å². The number of urea groups is 2. The van der Waals surface area contributed by atoms with Gasteiger partial charge in [-0.1, -0.05) is 0 Å². The number of amides is 6. The van der Waals surface area contributed by atoms with Gasteiger partial charge in [0.1, 0.15) is 18.7 Å². The number of carbonyl (C=O) groups is 6. The molecule has 4 heterocycles. The number of alkyl halides is 4. The molecule has 0 aliphatic carbocycles. The Morgan fingerprint density at radius 3 is 1.50 bits per heavy atom. The minimum absolute atomic E-state index is 0.104. The normalized spacial score (nSPS) is 16.3. The number of nitrogens with one attached hydrogen (secondary N) is 2. The minimum Gasteiger partial charge on any atom is -0.480 e. The smallest absolute Gasteiger partial charge is 0.326 e. The van der Waals surface area contributed by atoms with Crippen LogP contribution in [0.25, 0.3) is 21.8 Å². The number of anilines is 2. The van der Waals surface area contributed by atoms with Crippen LogP contribution in [-0.2, 0) is 27.4 Å². The summed E-state index contributed by atoms with van der Waals surface area (Å²) in [7, 11) is 0. The summed E-state index contributed by atoms with van der Waals surface area (Å²) < 4.78 is 62.4. The highest BCUT2D eigenvalue weighted by molar-refractivity contribution is 6.09. The van der Waals surface area contributed by atoms with Crippen molar-refractivity contribution >= 4 is 69.0 Å². The number of hydrogen-bond donors (Lipinski definition) is 5. The maximum absolute atomic E-state index is 13.6. The van der Waals surface area contributed by atoms with Gasteiger partial charge in [-0.25, -0.2) is 27.2 Å². The lowest BCUT2D eigenvalue weighted by atomic mass is 10.1. The van der Waals surface area contributed by atoms with Gasteiger partial charge in [-0.2, -0.15) is 0 Å². The number of esters is 1. The van der Waals surface area contributed by atoms with Crippen molar-refractivity contribution in [2.24, 2.45) is 11.5 Å². The number of primary amides is 2. The van der Waals surface area contributed by atoms with E-state index in [0.717, 1.165) is 9.80 Å². The Labute approximate surface area is 329 Å². The van der Waals surface area contributed by atoms with Gasteiger partial charge in [0.05, 0.1) is 24.2 Å². The van der Waals surface area contributed by atoms with Crippen LogP contribution < -0.4 is 22.1 Å². The monoisotopic (exact) mass is 816 g/mol. The van der Waals surface area contributed by atoms with E-state index in [9.17, 15) is 46.3 Å². The molecular weight excluding hydrogens is 772 g/mol. The maximum atomic E-state index is 13.6. The molecule has 6 rings (SSSR count). The Hall–Kier alpha value is -6.34. The van der Waals surface area contributed by atoms with Crippen LogP contribution in [0, 0.1) is 0 Å². The predicted molar refractivity (Wildman–Crippen MR) is 204 cm³/mol. The second-order valence-corrected chi connectivity index (χ2v) is 15.1. The Bertz CT molecular complexity index is 2260. The summed E-state index contributed by atoms with van der Waals surface area (Å²) in [6, 6.07) is 7.91. The lowest BCUT2D eigenvalue weighted by Gasteiger charge is -2.32. The standard InChI is InChI=1S/C21H26F2N4O4.C17H18F2N4O4/c1-20(2,3)31-17(28)11-27-10-15(18(24)29)14-9-13(5-6-16(14)27)25-19(30)26-8-4-7-21(22,23)12-26;18-17(19)4-1-5-22(9-17)16(27)21-10-2-3-13-11(6-10)12(15(20)26)7-23(13)8-14(24)25/h5-6,9-10H,4,7-8,11-12H2,1-3H3,(H2,24,29)(H,25,30);2-3,6-7H,1,4-5,8-9H2,(H2,20,26)(H,21,27)(H,24,25). The molecule has 58 heavy (non-hydrogen) atoms. The Morgan fingerprint density at radius 1 is 0.724 bits per heavy atom. The summed E-state index contributed by atoms with van der Waals surface area (Å²) in [5, 5.41) is 14.9. The fourth-order valence-corrected chi connectivity index (χ4v) is 6.75. The van der Waals surface area contributed by atoms with Crippen molar-refractivity contribution in [3.05, 3.63) is 59.9 Å². The zero-order chi connectivity index (χ0) is 42.7. The van der Waals surface area contributed by atoms with Crippen molar-refractivity contribution in [1.82, 2.24) is 18.9 Å². The van der Waals surface area contributed by atoms with E-state index in [-0.39, 0.29) is 68.7 Å². The lowest BCUT2D eigenvalue weighted by Crippen LogP contribution is -2.47. The Morgan fingerprint density at radius 2 is 1.14 bits per heavy atom. The molecule has 0 unspecified atom stereocenters. The second kappa shape index (κ2) is 16.6. The number of benzene rings is 2. The number of nitrogens with zero attached hydrogens (tertiary/aromatic N) is 4. The average molecular weight is 817 g/mol. The molecule has 2 saturated heterocycles. The van der Waals surface area contributed by atoms with Gasteiger partial charge < -0.3 is 50.9 Å². The number of carboxylic acid groups (broad SMARTS) is 1. The van der Waals surface area contributed by atoms with Crippen LogP contribution in [0.3, 0.4) is 0 Å². The largest absolute Gasteiger partial charge is 0.480 e. The number of aromatic nitrogens is 2. The number of nitrogens with two attached hydrogens (primary N) is 2. The third-order valence-corrected chi connectivity index (χ3v) is 9.18. The average Bonchev–Trinajstić information content (AvgIpc) is 3.64. The fourth-order valence-electron chi connectivity index (χ4n) is 6.75. The topological polar surface area (TPSA) is 224 Å². The van der Waals surface area contributed by atoms with Crippen LogP contribution in [0.1, 0.15) is 67.2 Å². The quantitative estimate of drug-likeness (QED) is 0.114. The number of halogens is 4. The first-order valence-corrected chi connectivity index (χ1v) is 18.2. The molecule has 20 heteroatoms. The maximum Gasteiger partial charge on any atom is 0.326 e. The number of carbonyl (C=O) groups excluding carboxylic acids is 5. The molecule has 7 N–H and O–H groups in total. The summed E-state index contributed by atoms with van der Waals surface area (Å²) in [6.45, 7) is 3.94. The highest BCUT2D eigenvalue weighted by atomic mass is 19.3. The molecule has 0 radical (unpaired) electrons. The van der Waals surface area contributed by atoms with Gasteiger partial charge in [0.25, 0.3) is 23.7 Å². The van der Waals surface area contributed by atoms with E-state index < -0.39 is 66.4 Å². The van der Waals surface area contributed by atoms with Crippen LogP contribution in [-0.4, -0.2) is 103 Å². The van der Waals surface area contributed by atoms with Crippen LogP contribution >= 0.6 is 0 Å². The predicted octanol–water partition coefficient (Wildman–Crippen LogP) is 5.43. The van der Waals surface area contributed by atoms with Crippen LogP contribution in [0.15, 0.2) is 48.8 Å². The zero-order valence-electron chi connectivity index (χ0n) is 32.0. The summed E-state index contributed by atoms with van der Waals surface area (Å²) in [5.74, 6) is -8.84. The van der Waals surface area contributed by atoms with Crippen molar-refractivity contribution in [3.63, 3.8) is 0 Å². The molecule has 2 aromatic heterocycles. The number of likely N-dealkylation sites (tertiary alicyclic amines) is 2. The number of rotatable bonds is 8. The summed E-state index contributed by atoms with van der Waals surface area (Å²) in [5.41, 5.74) is 12.0. The molecule has 2 fully saturated rings. The molecule has 0 bridgehead atoms. The number of ether oxygens (including phenoxy) is 1.